The number of fused-ring (bicyclic) bond motifs is 1. The number of benzene rings is 1. The lowest BCUT2D eigenvalue weighted by Gasteiger charge is -2.31. The number of aryl methyl sites for hydroxylation is 1. The number of carbonyl (C=O) groups is 1. The van der Waals surface area contributed by atoms with Crippen LogP contribution in [0.25, 0.3) is 4.96 Å². The van der Waals surface area contributed by atoms with Gasteiger partial charge < -0.3 is 19.7 Å². The fourth-order valence-corrected chi connectivity index (χ4v) is 5.12. The molecule has 182 valence electrons. The highest BCUT2D eigenvalue weighted by Crippen LogP contribution is 2.29. The fraction of sp³-hybridized carbons (Fsp3) is 0.500. The molecule has 0 spiro atoms. The molecule has 0 saturated carbocycles. The van der Waals surface area contributed by atoms with Gasteiger partial charge in [-0.15, -0.1) is 5.10 Å². The van der Waals surface area contributed by atoms with Gasteiger partial charge in [0.25, 0.3) is 5.56 Å². The maximum Gasteiger partial charge on any atom is 0.275 e. The molecule has 1 fully saturated rings. The molecule has 9 nitrogen and oxygen atoms in total. The third kappa shape index (κ3) is 5.49. The Morgan fingerprint density at radius 1 is 1.21 bits per heavy atom. The summed E-state index contributed by atoms with van der Waals surface area (Å²) in [6.45, 7) is 8.78. The number of nitrogens with one attached hydrogen (secondary N) is 1. The minimum Gasteiger partial charge on any atom is -0.490 e. The van der Waals surface area contributed by atoms with Crippen LogP contribution < -0.4 is 25.2 Å². The molecule has 1 atom stereocenters. The van der Waals surface area contributed by atoms with Crippen molar-refractivity contribution in [3.05, 3.63) is 45.9 Å². The predicted molar refractivity (Wildman–Crippen MR) is 132 cm³/mol. The molecule has 4 rings (SSSR count). The van der Waals surface area contributed by atoms with Crippen LogP contribution in [0.3, 0.4) is 0 Å². The first-order valence-corrected chi connectivity index (χ1v) is 12.6. The molecule has 1 amide bonds. The summed E-state index contributed by atoms with van der Waals surface area (Å²) in [7, 11) is 0. The van der Waals surface area contributed by atoms with Gasteiger partial charge in [0.05, 0.1) is 19.1 Å². The molecule has 0 unspecified atom stereocenters. The van der Waals surface area contributed by atoms with E-state index in [2.05, 4.69) is 20.3 Å². The van der Waals surface area contributed by atoms with Crippen molar-refractivity contribution >= 4 is 27.3 Å². The first kappa shape index (κ1) is 24.0. The van der Waals surface area contributed by atoms with Crippen molar-refractivity contribution in [2.45, 2.75) is 40.0 Å². The second kappa shape index (κ2) is 10.9. The zero-order valence-corrected chi connectivity index (χ0v) is 20.7. The van der Waals surface area contributed by atoms with Crippen LogP contribution in [-0.2, 0) is 11.2 Å². The van der Waals surface area contributed by atoms with Gasteiger partial charge >= 0.3 is 0 Å². The van der Waals surface area contributed by atoms with Crippen LogP contribution in [0.15, 0.2) is 29.1 Å². The molecule has 0 bridgehead atoms. The van der Waals surface area contributed by atoms with Crippen molar-refractivity contribution in [1.29, 1.82) is 0 Å². The van der Waals surface area contributed by atoms with E-state index in [4.69, 9.17) is 9.47 Å². The smallest absolute Gasteiger partial charge is 0.275 e. The van der Waals surface area contributed by atoms with E-state index >= 15 is 0 Å². The highest BCUT2D eigenvalue weighted by molar-refractivity contribution is 7.20. The van der Waals surface area contributed by atoms with E-state index in [9.17, 15) is 9.59 Å². The van der Waals surface area contributed by atoms with Gasteiger partial charge in [-0.25, -0.2) is 4.98 Å². The Bertz CT molecular complexity index is 1210. The topological polar surface area (TPSA) is 98.1 Å². The molecule has 1 aliphatic rings. The fourth-order valence-electron chi connectivity index (χ4n) is 4.13. The van der Waals surface area contributed by atoms with E-state index in [1.165, 1.54) is 21.9 Å². The van der Waals surface area contributed by atoms with Crippen molar-refractivity contribution in [3.8, 4) is 11.5 Å². The second-order valence-electron chi connectivity index (χ2n) is 8.29. The van der Waals surface area contributed by atoms with Crippen molar-refractivity contribution in [3.63, 3.8) is 0 Å². The molecule has 3 heterocycles. The normalized spacial score (nSPS) is 16.0. The molecule has 0 aliphatic carbocycles. The Morgan fingerprint density at radius 2 is 2.00 bits per heavy atom. The number of carbonyl (C=O) groups excluding carboxylic acids is 1. The quantitative estimate of drug-likeness (QED) is 0.498. The van der Waals surface area contributed by atoms with Gasteiger partial charge in [0, 0.05) is 31.4 Å². The Kier molecular flexibility index (Phi) is 7.66. The zero-order chi connectivity index (χ0) is 24.1. The van der Waals surface area contributed by atoms with Crippen LogP contribution in [0.4, 0.5) is 5.13 Å². The molecular weight excluding hydrogens is 454 g/mol. The maximum absolute atomic E-state index is 12.9. The van der Waals surface area contributed by atoms with Gasteiger partial charge in [0.2, 0.25) is 16.0 Å². The minimum atomic E-state index is -0.182. The molecule has 1 aromatic carbocycles. The monoisotopic (exact) mass is 485 g/mol. The van der Waals surface area contributed by atoms with Gasteiger partial charge in [-0.2, -0.15) is 4.52 Å². The first-order valence-electron chi connectivity index (χ1n) is 11.8. The molecule has 3 aromatic rings. The maximum atomic E-state index is 12.9. The Balaban J connectivity index is 1.34. The summed E-state index contributed by atoms with van der Waals surface area (Å²) in [5, 5.41) is 8.26. The van der Waals surface area contributed by atoms with E-state index in [-0.39, 0.29) is 17.4 Å². The summed E-state index contributed by atoms with van der Waals surface area (Å²) in [5.74, 6) is 1.40. The molecule has 10 heteroatoms. The third-order valence-corrected chi connectivity index (χ3v) is 6.72. The molecule has 34 heavy (non-hydrogen) atoms. The van der Waals surface area contributed by atoms with Crippen LogP contribution >= 0.6 is 11.3 Å². The number of piperidine rings is 1. The molecule has 1 saturated heterocycles. The largest absolute Gasteiger partial charge is 0.490 e. The molecule has 0 radical (unpaired) electrons. The minimum absolute atomic E-state index is 0.0490. The number of aromatic nitrogens is 3. The van der Waals surface area contributed by atoms with Gasteiger partial charge in [-0.3, -0.25) is 9.59 Å². The number of ether oxygens (including phenoxy) is 2. The summed E-state index contributed by atoms with van der Waals surface area (Å²) in [6, 6.07) is 7.38. The SMILES string of the molecule is CCOc1ccc(CCNC(=O)[C@H]2CCCN(c3nn4c(=O)cc(C)nc4s3)C2)cc1OCC. The molecular formula is C24H31N5O4S. The van der Waals surface area contributed by atoms with Crippen molar-refractivity contribution in [2.75, 3.05) is 37.7 Å². The molecule has 2 aromatic heterocycles. The van der Waals surface area contributed by atoms with Crippen LogP contribution in [0, 0.1) is 12.8 Å². The van der Waals surface area contributed by atoms with Gasteiger partial charge in [-0.05, 0) is 57.7 Å². The van der Waals surface area contributed by atoms with Gasteiger partial charge in [-0.1, -0.05) is 17.4 Å². The number of rotatable bonds is 9. The van der Waals surface area contributed by atoms with Crippen LogP contribution in [0.2, 0.25) is 0 Å². The van der Waals surface area contributed by atoms with Crippen molar-refractivity contribution < 1.29 is 14.3 Å². The number of nitrogens with zero attached hydrogens (tertiary/aromatic N) is 4. The molecule has 1 aliphatic heterocycles. The van der Waals surface area contributed by atoms with E-state index < -0.39 is 0 Å². The average molecular weight is 486 g/mol. The number of hydrogen-bond donors (Lipinski definition) is 1. The van der Waals surface area contributed by atoms with E-state index in [0.29, 0.717) is 43.4 Å². The Hall–Kier alpha value is -3.14. The third-order valence-electron chi connectivity index (χ3n) is 5.75. The van der Waals surface area contributed by atoms with Crippen molar-refractivity contribution in [2.24, 2.45) is 5.92 Å². The van der Waals surface area contributed by atoms with Crippen LogP contribution in [0.5, 0.6) is 11.5 Å². The highest BCUT2D eigenvalue weighted by atomic mass is 32.1. The Labute approximate surface area is 202 Å². The van der Waals surface area contributed by atoms with E-state index in [0.717, 1.165) is 41.6 Å². The number of anilines is 1. The van der Waals surface area contributed by atoms with E-state index in [1.54, 1.807) is 6.92 Å². The highest BCUT2D eigenvalue weighted by Gasteiger charge is 2.27. The lowest BCUT2D eigenvalue weighted by atomic mass is 9.97. The predicted octanol–water partition coefficient (Wildman–Crippen LogP) is 2.83. The number of amides is 1. The molecule has 1 N–H and O–H groups in total. The average Bonchev–Trinajstić information content (AvgIpc) is 3.25. The number of hydrogen-bond acceptors (Lipinski definition) is 8. The summed E-state index contributed by atoms with van der Waals surface area (Å²) in [5.41, 5.74) is 1.58. The van der Waals surface area contributed by atoms with Crippen LogP contribution in [0.1, 0.15) is 37.9 Å². The van der Waals surface area contributed by atoms with E-state index in [1.807, 2.05) is 32.0 Å². The van der Waals surface area contributed by atoms with Crippen LogP contribution in [-0.4, -0.2) is 53.4 Å². The summed E-state index contributed by atoms with van der Waals surface area (Å²) < 4.78 is 12.6. The summed E-state index contributed by atoms with van der Waals surface area (Å²) in [4.78, 5) is 32.1. The van der Waals surface area contributed by atoms with Gasteiger partial charge in [0.1, 0.15) is 0 Å². The van der Waals surface area contributed by atoms with Crippen molar-refractivity contribution in [1.82, 2.24) is 19.9 Å². The van der Waals surface area contributed by atoms with Gasteiger partial charge in [0.15, 0.2) is 11.5 Å². The lowest BCUT2D eigenvalue weighted by Crippen LogP contribution is -2.43. The first-order chi connectivity index (χ1) is 16.5. The standard InChI is InChI=1S/C24H31N5O4S/c1-4-32-19-9-8-17(14-20(19)33-5-2)10-11-25-22(31)18-7-6-12-28(15-18)24-27-29-21(30)13-16(3)26-23(29)34-24/h8-9,13-14,18H,4-7,10-12,15H2,1-3H3,(H,25,31)/t18-/m0/s1. The summed E-state index contributed by atoms with van der Waals surface area (Å²) in [6.07, 6.45) is 2.44. The lowest BCUT2D eigenvalue weighted by molar-refractivity contribution is -0.125. The summed E-state index contributed by atoms with van der Waals surface area (Å²) >= 11 is 1.38. The Morgan fingerprint density at radius 3 is 2.79 bits per heavy atom. The zero-order valence-electron chi connectivity index (χ0n) is 19.9. The second-order valence-corrected chi connectivity index (χ2v) is 9.22.